The van der Waals surface area contributed by atoms with E-state index in [0.717, 1.165) is 29.6 Å². The fraction of sp³-hybridized carbons (Fsp3) is 0.176. The number of nitrogens with zero attached hydrogens (tertiary/aromatic N) is 2. The topological polar surface area (TPSA) is 46.9 Å². The van der Waals surface area contributed by atoms with Crippen LogP contribution in [0.15, 0.2) is 48.8 Å². The van der Waals surface area contributed by atoms with Crippen LogP contribution in [0.3, 0.4) is 0 Å². The first kappa shape index (κ1) is 13.3. The Labute approximate surface area is 132 Å². The lowest BCUT2D eigenvalue weighted by molar-refractivity contribution is 0.0951. The van der Waals surface area contributed by atoms with E-state index in [0.29, 0.717) is 16.6 Å². The molecule has 4 rings (SSSR count). The van der Waals surface area contributed by atoms with E-state index >= 15 is 0 Å². The average Bonchev–Trinajstić information content (AvgIpc) is 3.23. The number of nitrogens with one attached hydrogen (secondary N) is 1. The second kappa shape index (κ2) is 5.14. The van der Waals surface area contributed by atoms with Crippen LogP contribution >= 0.6 is 11.6 Å². The Morgan fingerprint density at radius 3 is 2.86 bits per heavy atom. The molecule has 3 aromatic rings. The molecule has 0 aliphatic heterocycles. The molecule has 0 radical (unpaired) electrons. The summed E-state index contributed by atoms with van der Waals surface area (Å²) in [6, 6.07) is 13.5. The van der Waals surface area contributed by atoms with E-state index in [1.807, 2.05) is 47.0 Å². The number of imidazole rings is 1. The fourth-order valence-electron chi connectivity index (χ4n) is 2.48. The molecule has 0 spiro atoms. The number of hydrogen-bond acceptors (Lipinski definition) is 2. The minimum absolute atomic E-state index is 0.0262. The van der Waals surface area contributed by atoms with Crippen molar-refractivity contribution in [2.45, 2.75) is 18.9 Å². The molecule has 1 N–H and O–H groups in total. The molecule has 110 valence electrons. The Kier molecular flexibility index (Phi) is 3.12. The molecule has 1 amide bonds. The van der Waals surface area contributed by atoms with Crippen molar-refractivity contribution in [1.29, 1.82) is 0 Å². The molecule has 1 saturated carbocycles. The number of carbonyl (C=O) groups excluding carboxylic acids is 1. The molecule has 1 fully saturated rings. The summed E-state index contributed by atoms with van der Waals surface area (Å²) in [6.07, 6.45) is 3.91. The van der Waals surface area contributed by atoms with Gasteiger partial charge in [0, 0.05) is 22.3 Å². The Morgan fingerprint density at radius 2 is 2.09 bits per heavy atom. The lowest BCUT2D eigenvalue weighted by Crippen LogP contribution is -2.25. The van der Waals surface area contributed by atoms with Crippen LogP contribution in [0.2, 0.25) is 5.02 Å². The van der Waals surface area contributed by atoms with Gasteiger partial charge in [0.1, 0.15) is 6.33 Å². The summed E-state index contributed by atoms with van der Waals surface area (Å²) in [5.41, 5.74) is 3.34. The number of halogens is 1. The van der Waals surface area contributed by atoms with Crippen LogP contribution in [0.4, 0.5) is 0 Å². The van der Waals surface area contributed by atoms with Crippen LogP contribution in [0.25, 0.3) is 16.7 Å². The Bertz CT molecular complexity index is 867. The highest BCUT2D eigenvalue weighted by atomic mass is 35.5. The van der Waals surface area contributed by atoms with Crippen LogP contribution < -0.4 is 5.32 Å². The predicted molar refractivity (Wildman–Crippen MR) is 86.6 cm³/mol. The first-order valence-electron chi connectivity index (χ1n) is 7.24. The molecule has 2 aromatic carbocycles. The van der Waals surface area contributed by atoms with E-state index in [1.165, 1.54) is 0 Å². The number of hydrogen-bond donors (Lipinski definition) is 1. The second-order valence-corrected chi connectivity index (χ2v) is 5.98. The number of amides is 1. The zero-order chi connectivity index (χ0) is 15.1. The Balaban J connectivity index is 1.72. The van der Waals surface area contributed by atoms with Gasteiger partial charge in [0.25, 0.3) is 5.91 Å². The molecule has 1 aliphatic carbocycles. The molecule has 1 aromatic heterocycles. The van der Waals surface area contributed by atoms with Gasteiger partial charge in [-0.2, -0.15) is 0 Å². The fourth-order valence-corrected chi connectivity index (χ4v) is 2.67. The molecule has 5 heteroatoms. The maximum absolute atomic E-state index is 12.1. The predicted octanol–water partition coefficient (Wildman–Crippen LogP) is 3.57. The van der Waals surface area contributed by atoms with Gasteiger partial charge in [0.2, 0.25) is 0 Å². The Hall–Kier alpha value is -2.33. The van der Waals surface area contributed by atoms with Crippen molar-refractivity contribution in [3.8, 4) is 5.69 Å². The normalized spacial score (nSPS) is 14.2. The third-order valence-electron chi connectivity index (χ3n) is 3.81. The molecule has 0 atom stereocenters. The van der Waals surface area contributed by atoms with Crippen molar-refractivity contribution in [3.05, 3.63) is 59.4 Å². The van der Waals surface area contributed by atoms with Gasteiger partial charge in [0.15, 0.2) is 0 Å². The first-order chi connectivity index (χ1) is 10.7. The molecule has 4 nitrogen and oxygen atoms in total. The molecule has 1 aliphatic rings. The van der Waals surface area contributed by atoms with Crippen LogP contribution in [-0.2, 0) is 0 Å². The zero-order valence-electron chi connectivity index (χ0n) is 11.8. The number of rotatable bonds is 3. The van der Waals surface area contributed by atoms with E-state index in [9.17, 15) is 4.79 Å². The van der Waals surface area contributed by atoms with Crippen LogP contribution in [0.5, 0.6) is 0 Å². The molecule has 22 heavy (non-hydrogen) atoms. The maximum atomic E-state index is 12.1. The smallest absolute Gasteiger partial charge is 0.251 e. The van der Waals surface area contributed by atoms with Crippen molar-refractivity contribution >= 4 is 28.5 Å². The standard InChI is InChI=1S/C17H14ClN3O/c18-12-2-1-3-14(9-12)21-10-19-15-8-11(4-7-16(15)21)17(22)20-13-5-6-13/h1-4,7-10,13H,5-6H2,(H,20,22). The van der Waals surface area contributed by atoms with Crippen molar-refractivity contribution in [2.75, 3.05) is 0 Å². The minimum Gasteiger partial charge on any atom is -0.349 e. The molecule has 0 unspecified atom stereocenters. The number of aromatic nitrogens is 2. The number of fused-ring (bicyclic) bond motifs is 1. The lowest BCUT2D eigenvalue weighted by Gasteiger charge is -2.06. The highest BCUT2D eigenvalue weighted by Crippen LogP contribution is 2.23. The Morgan fingerprint density at radius 1 is 1.23 bits per heavy atom. The SMILES string of the molecule is O=C(NC1CC1)c1ccc2c(c1)ncn2-c1cccc(Cl)c1. The van der Waals surface area contributed by atoms with Gasteiger partial charge in [-0.05, 0) is 49.2 Å². The van der Waals surface area contributed by atoms with E-state index in [-0.39, 0.29) is 5.91 Å². The first-order valence-corrected chi connectivity index (χ1v) is 7.62. The third kappa shape index (κ3) is 2.46. The van der Waals surface area contributed by atoms with E-state index in [2.05, 4.69) is 10.3 Å². The largest absolute Gasteiger partial charge is 0.349 e. The number of benzene rings is 2. The van der Waals surface area contributed by atoms with Gasteiger partial charge in [-0.15, -0.1) is 0 Å². The van der Waals surface area contributed by atoms with Crippen molar-refractivity contribution in [1.82, 2.24) is 14.9 Å². The van der Waals surface area contributed by atoms with Gasteiger partial charge in [-0.25, -0.2) is 4.98 Å². The average molecular weight is 312 g/mol. The molecular weight excluding hydrogens is 298 g/mol. The second-order valence-electron chi connectivity index (χ2n) is 5.55. The zero-order valence-corrected chi connectivity index (χ0v) is 12.5. The number of carbonyl (C=O) groups is 1. The minimum atomic E-state index is -0.0262. The van der Waals surface area contributed by atoms with Gasteiger partial charge in [-0.3, -0.25) is 9.36 Å². The van der Waals surface area contributed by atoms with Crippen LogP contribution in [-0.4, -0.2) is 21.5 Å². The summed E-state index contributed by atoms with van der Waals surface area (Å²) < 4.78 is 1.96. The van der Waals surface area contributed by atoms with Crippen molar-refractivity contribution < 1.29 is 4.79 Å². The van der Waals surface area contributed by atoms with E-state index in [4.69, 9.17) is 11.6 Å². The van der Waals surface area contributed by atoms with E-state index < -0.39 is 0 Å². The summed E-state index contributed by atoms with van der Waals surface area (Å²) in [6.45, 7) is 0. The summed E-state index contributed by atoms with van der Waals surface area (Å²) in [5.74, 6) is -0.0262. The van der Waals surface area contributed by atoms with Crippen molar-refractivity contribution in [3.63, 3.8) is 0 Å². The van der Waals surface area contributed by atoms with Gasteiger partial charge in [0.05, 0.1) is 11.0 Å². The van der Waals surface area contributed by atoms with Gasteiger partial charge >= 0.3 is 0 Å². The third-order valence-corrected chi connectivity index (χ3v) is 4.04. The van der Waals surface area contributed by atoms with E-state index in [1.54, 1.807) is 6.33 Å². The quantitative estimate of drug-likeness (QED) is 0.804. The highest BCUT2D eigenvalue weighted by molar-refractivity contribution is 6.30. The molecule has 0 bridgehead atoms. The van der Waals surface area contributed by atoms with Crippen LogP contribution in [0.1, 0.15) is 23.2 Å². The summed E-state index contributed by atoms with van der Waals surface area (Å²) >= 11 is 6.05. The van der Waals surface area contributed by atoms with Crippen molar-refractivity contribution in [2.24, 2.45) is 0 Å². The lowest BCUT2D eigenvalue weighted by atomic mass is 10.2. The molecule has 0 saturated heterocycles. The van der Waals surface area contributed by atoms with Crippen LogP contribution in [0, 0.1) is 0 Å². The molecular formula is C17H14ClN3O. The summed E-state index contributed by atoms with van der Waals surface area (Å²) in [4.78, 5) is 16.5. The monoisotopic (exact) mass is 311 g/mol. The summed E-state index contributed by atoms with van der Waals surface area (Å²) in [5, 5.41) is 3.67. The summed E-state index contributed by atoms with van der Waals surface area (Å²) in [7, 11) is 0. The maximum Gasteiger partial charge on any atom is 0.251 e. The highest BCUT2D eigenvalue weighted by Gasteiger charge is 2.24. The molecule has 1 heterocycles. The van der Waals surface area contributed by atoms with Gasteiger partial charge < -0.3 is 5.32 Å². The van der Waals surface area contributed by atoms with Gasteiger partial charge in [-0.1, -0.05) is 17.7 Å².